The summed E-state index contributed by atoms with van der Waals surface area (Å²) in [6.45, 7) is 15.3. The number of nitrogens with one attached hydrogen (secondary N) is 1. The fraction of sp³-hybridized carbons (Fsp3) is 0.882. The van der Waals surface area contributed by atoms with Gasteiger partial charge in [-0.15, -0.1) is 0 Å². The summed E-state index contributed by atoms with van der Waals surface area (Å²) >= 11 is 0. The van der Waals surface area contributed by atoms with Gasteiger partial charge in [0.2, 0.25) is 0 Å². The lowest BCUT2D eigenvalue weighted by molar-refractivity contribution is -0.159. The molecule has 0 radical (unpaired) electrons. The van der Waals surface area contributed by atoms with Crippen LogP contribution in [-0.4, -0.2) is 53.8 Å². The van der Waals surface area contributed by atoms with E-state index < -0.39 is 17.3 Å². The third-order valence-electron chi connectivity index (χ3n) is 3.31. The smallest absolute Gasteiger partial charge is 0.407 e. The molecule has 0 aromatic heterocycles. The number of carbonyl (C=O) groups is 2. The van der Waals surface area contributed by atoms with E-state index in [-0.39, 0.29) is 17.9 Å². The molecule has 1 saturated heterocycles. The average molecular weight is 328 g/mol. The monoisotopic (exact) mass is 328 g/mol. The summed E-state index contributed by atoms with van der Waals surface area (Å²) in [5.74, 6) is -0.212. The first-order valence-corrected chi connectivity index (χ1v) is 8.30. The van der Waals surface area contributed by atoms with Gasteiger partial charge in [0.25, 0.3) is 0 Å². The Kier molecular flexibility index (Phi) is 6.45. The van der Waals surface area contributed by atoms with E-state index in [0.29, 0.717) is 13.1 Å². The highest BCUT2D eigenvalue weighted by atomic mass is 16.6. The van der Waals surface area contributed by atoms with Crippen molar-refractivity contribution in [1.29, 1.82) is 0 Å². The lowest BCUT2D eigenvalue weighted by Gasteiger charge is -2.25. The van der Waals surface area contributed by atoms with Gasteiger partial charge in [-0.2, -0.15) is 0 Å². The number of likely N-dealkylation sites (tertiary alicyclic amines) is 1. The third kappa shape index (κ3) is 8.21. The maximum absolute atomic E-state index is 12.1. The topological polar surface area (TPSA) is 67.9 Å². The first-order chi connectivity index (χ1) is 10.4. The van der Waals surface area contributed by atoms with Crippen LogP contribution in [0.25, 0.3) is 0 Å². The van der Waals surface area contributed by atoms with E-state index in [1.165, 1.54) is 0 Å². The van der Waals surface area contributed by atoms with Crippen LogP contribution in [0.4, 0.5) is 4.79 Å². The normalized spacial score (nSPS) is 20.9. The summed E-state index contributed by atoms with van der Waals surface area (Å²) in [6.07, 6.45) is 0.390. The second-order valence-corrected chi connectivity index (χ2v) is 8.33. The molecule has 6 nitrogen and oxygen atoms in total. The Balaban J connectivity index is 2.37. The predicted molar refractivity (Wildman–Crippen MR) is 89.2 cm³/mol. The van der Waals surface area contributed by atoms with Crippen molar-refractivity contribution in [2.45, 2.75) is 72.1 Å². The minimum atomic E-state index is -0.501. The van der Waals surface area contributed by atoms with Gasteiger partial charge in [0.05, 0.1) is 5.92 Å². The van der Waals surface area contributed by atoms with Gasteiger partial charge in [-0.25, -0.2) is 4.79 Å². The number of esters is 1. The summed E-state index contributed by atoms with van der Waals surface area (Å²) in [6, 6.07) is -0.0396. The molecule has 1 aliphatic rings. The van der Waals surface area contributed by atoms with Crippen molar-refractivity contribution >= 4 is 12.1 Å². The fourth-order valence-electron chi connectivity index (χ4n) is 2.52. The molecule has 1 amide bonds. The molecule has 1 fully saturated rings. The Bertz CT molecular complexity index is 423. The van der Waals surface area contributed by atoms with E-state index in [1.807, 2.05) is 48.5 Å². The van der Waals surface area contributed by atoms with E-state index in [4.69, 9.17) is 9.47 Å². The molecule has 23 heavy (non-hydrogen) atoms. The largest absolute Gasteiger partial charge is 0.460 e. The summed E-state index contributed by atoms with van der Waals surface area (Å²) < 4.78 is 10.7. The molecular weight excluding hydrogens is 296 g/mol. The van der Waals surface area contributed by atoms with Gasteiger partial charge in [0.1, 0.15) is 11.2 Å². The van der Waals surface area contributed by atoms with Crippen LogP contribution in [0.15, 0.2) is 0 Å². The molecular formula is C17H32N2O4. The molecule has 0 saturated carbocycles. The Morgan fingerprint density at radius 2 is 1.70 bits per heavy atom. The Morgan fingerprint density at radius 3 is 2.22 bits per heavy atom. The Hall–Kier alpha value is -1.30. The van der Waals surface area contributed by atoms with Crippen molar-refractivity contribution in [2.75, 3.05) is 19.6 Å². The Morgan fingerprint density at radius 1 is 1.13 bits per heavy atom. The van der Waals surface area contributed by atoms with Crippen LogP contribution in [0.2, 0.25) is 0 Å². The molecule has 0 aromatic rings. The molecule has 134 valence electrons. The molecule has 0 spiro atoms. The average Bonchev–Trinajstić information content (AvgIpc) is 2.71. The van der Waals surface area contributed by atoms with Crippen molar-refractivity contribution in [3.8, 4) is 0 Å². The number of carbonyl (C=O) groups excluding carboxylic acids is 2. The summed E-state index contributed by atoms with van der Waals surface area (Å²) in [7, 11) is 0. The highest BCUT2D eigenvalue weighted by Crippen LogP contribution is 2.20. The number of nitrogens with zero attached hydrogens (tertiary/aromatic N) is 1. The van der Waals surface area contributed by atoms with Crippen LogP contribution in [0.3, 0.4) is 0 Å². The number of rotatable bonds is 4. The van der Waals surface area contributed by atoms with E-state index in [2.05, 4.69) is 10.2 Å². The van der Waals surface area contributed by atoms with Gasteiger partial charge in [0.15, 0.2) is 0 Å². The highest BCUT2D eigenvalue weighted by Gasteiger charge is 2.32. The van der Waals surface area contributed by atoms with Gasteiger partial charge < -0.3 is 19.7 Å². The minimum Gasteiger partial charge on any atom is -0.460 e. The quantitative estimate of drug-likeness (QED) is 0.803. The first kappa shape index (κ1) is 19.7. The zero-order chi connectivity index (χ0) is 17.8. The molecule has 1 aliphatic heterocycles. The van der Waals surface area contributed by atoms with Crippen LogP contribution in [0.5, 0.6) is 0 Å². The maximum atomic E-state index is 12.1. The number of hydrogen-bond acceptors (Lipinski definition) is 5. The zero-order valence-corrected chi connectivity index (χ0v) is 15.6. The van der Waals surface area contributed by atoms with Gasteiger partial charge in [-0.1, -0.05) is 0 Å². The van der Waals surface area contributed by atoms with Crippen molar-refractivity contribution in [3.05, 3.63) is 0 Å². The van der Waals surface area contributed by atoms with Crippen LogP contribution in [0.1, 0.15) is 54.9 Å². The van der Waals surface area contributed by atoms with Gasteiger partial charge in [-0.3, -0.25) is 4.79 Å². The van der Waals surface area contributed by atoms with Crippen molar-refractivity contribution in [2.24, 2.45) is 5.92 Å². The lowest BCUT2D eigenvalue weighted by atomic mass is 10.1. The fourth-order valence-corrected chi connectivity index (χ4v) is 2.52. The minimum absolute atomic E-state index is 0.0396. The molecule has 1 N–H and O–H groups in total. The molecule has 6 heteroatoms. The van der Waals surface area contributed by atoms with E-state index in [0.717, 1.165) is 13.0 Å². The van der Waals surface area contributed by atoms with E-state index >= 15 is 0 Å². The van der Waals surface area contributed by atoms with Crippen LogP contribution in [0, 0.1) is 5.92 Å². The van der Waals surface area contributed by atoms with Crippen LogP contribution < -0.4 is 5.32 Å². The number of alkyl carbamates (subject to hydrolysis) is 1. The molecule has 1 heterocycles. The predicted octanol–water partition coefficient (Wildman–Crippen LogP) is 2.56. The second-order valence-electron chi connectivity index (χ2n) is 8.33. The molecule has 0 bridgehead atoms. The summed E-state index contributed by atoms with van der Waals surface area (Å²) in [5.41, 5.74) is -0.949. The standard InChI is InChI=1S/C17H32N2O4/c1-12(18-15(21)23-17(5,6)7)10-19-9-8-13(11-19)14(20)22-16(2,3)4/h12-13H,8-11H2,1-7H3,(H,18,21). The Labute approximate surface area is 139 Å². The molecule has 0 aliphatic carbocycles. The summed E-state index contributed by atoms with van der Waals surface area (Å²) in [5, 5.41) is 2.83. The third-order valence-corrected chi connectivity index (χ3v) is 3.31. The van der Waals surface area contributed by atoms with Crippen LogP contribution >= 0.6 is 0 Å². The van der Waals surface area contributed by atoms with E-state index in [1.54, 1.807) is 0 Å². The lowest BCUT2D eigenvalue weighted by Crippen LogP contribution is -2.43. The zero-order valence-electron chi connectivity index (χ0n) is 15.6. The van der Waals surface area contributed by atoms with Gasteiger partial charge >= 0.3 is 12.1 Å². The molecule has 0 aromatic carbocycles. The van der Waals surface area contributed by atoms with Crippen LogP contribution in [-0.2, 0) is 14.3 Å². The molecule has 2 atom stereocenters. The number of amides is 1. The highest BCUT2D eigenvalue weighted by molar-refractivity contribution is 5.73. The number of ether oxygens (including phenoxy) is 2. The van der Waals surface area contributed by atoms with Crippen molar-refractivity contribution in [3.63, 3.8) is 0 Å². The van der Waals surface area contributed by atoms with Crippen molar-refractivity contribution in [1.82, 2.24) is 10.2 Å². The van der Waals surface area contributed by atoms with Gasteiger partial charge in [0, 0.05) is 19.1 Å². The first-order valence-electron chi connectivity index (χ1n) is 8.30. The van der Waals surface area contributed by atoms with Crippen molar-refractivity contribution < 1.29 is 19.1 Å². The molecule has 1 rings (SSSR count). The second kappa shape index (κ2) is 7.51. The van der Waals surface area contributed by atoms with E-state index in [9.17, 15) is 9.59 Å². The molecule has 2 unspecified atom stereocenters. The number of hydrogen-bond donors (Lipinski definition) is 1. The SMILES string of the molecule is CC(CN1CCC(C(=O)OC(C)(C)C)C1)NC(=O)OC(C)(C)C. The van der Waals surface area contributed by atoms with Gasteiger partial charge in [-0.05, 0) is 61.4 Å². The summed E-state index contributed by atoms with van der Waals surface area (Å²) in [4.78, 5) is 26.0. The maximum Gasteiger partial charge on any atom is 0.407 e.